The fourth-order valence-corrected chi connectivity index (χ4v) is 4.51. The molecule has 1 fully saturated rings. The Kier molecular flexibility index (Phi) is 5.30. The zero-order chi connectivity index (χ0) is 22.3. The summed E-state index contributed by atoms with van der Waals surface area (Å²) < 4.78 is 16.2. The molecule has 1 atom stereocenters. The van der Waals surface area contributed by atoms with Crippen molar-refractivity contribution in [2.24, 2.45) is 5.73 Å². The first-order valence-corrected chi connectivity index (χ1v) is 11.2. The summed E-state index contributed by atoms with van der Waals surface area (Å²) in [4.78, 5) is 13.7. The van der Waals surface area contributed by atoms with Gasteiger partial charge in [0.25, 0.3) is 0 Å². The summed E-state index contributed by atoms with van der Waals surface area (Å²) in [5.41, 5.74) is 9.57. The number of nitrogens with two attached hydrogens (primary N) is 1. The highest BCUT2D eigenvalue weighted by Crippen LogP contribution is 2.28. The van der Waals surface area contributed by atoms with E-state index < -0.39 is 5.54 Å². The minimum atomic E-state index is -0.802. The fourth-order valence-electron chi connectivity index (χ4n) is 4.10. The van der Waals surface area contributed by atoms with Crippen molar-refractivity contribution in [2.75, 3.05) is 36.0 Å². The Morgan fingerprint density at radius 2 is 1.62 bits per heavy atom. The Bertz CT molecular complexity index is 1230. The maximum atomic E-state index is 13.3. The number of fused-ring (bicyclic) bond motifs is 1. The summed E-state index contributed by atoms with van der Waals surface area (Å²) in [6, 6.07) is 10.4. The molecular formula is C23H23BrFN7. The number of anilines is 2. The van der Waals surface area contributed by atoms with Gasteiger partial charge in [-0.05, 0) is 52.7 Å². The van der Waals surface area contributed by atoms with Crippen LogP contribution in [0.5, 0.6) is 0 Å². The van der Waals surface area contributed by atoms with Crippen LogP contribution >= 0.6 is 15.9 Å². The van der Waals surface area contributed by atoms with Crippen molar-refractivity contribution in [3.05, 3.63) is 82.6 Å². The summed E-state index contributed by atoms with van der Waals surface area (Å²) in [5.74, 6) is 0.404. The average molecular weight is 496 g/mol. The van der Waals surface area contributed by atoms with E-state index in [4.69, 9.17) is 5.73 Å². The van der Waals surface area contributed by atoms with Crippen molar-refractivity contribution in [1.29, 1.82) is 0 Å². The number of hydrogen-bond donors (Lipinski definition) is 1. The number of halogens is 2. The normalized spacial score (nSPS) is 16.4. The molecule has 1 aliphatic heterocycles. The first-order chi connectivity index (χ1) is 15.4. The molecule has 32 heavy (non-hydrogen) atoms. The van der Waals surface area contributed by atoms with Crippen molar-refractivity contribution in [1.82, 2.24) is 19.6 Å². The van der Waals surface area contributed by atoms with Crippen LogP contribution in [0.2, 0.25) is 0 Å². The fraction of sp³-hybridized carbons (Fsp3) is 0.261. The van der Waals surface area contributed by atoms with Crippen molar-refractivity contribution in [3.63, 3.8) is 0 Å². The lowest BCUT2D eigenvalue weighted by Gasteiger charge is -2.36. The van der Waals surface area contributed by atoms with E-state index in [1.807, 2.05) is 23.8 Å². The Morgan fingerprint density at radius 1 is 0.969 bits per heavy atom. The van der Waals surface area contributed by atoms with Gasteiger partial charge in [-0.15, -0.1) is 0 Å². The molecule has 0 aliphatic carbocycles. The van der Waals surface area contributed by atoms with Gasteiger partial charge in [0, 0.05) is 61.0 Å². The maximum Gasteiger partial charge on any atom is 0.225 e. The van der Waals surface area contributed by atoms with E-state index in [1.54, 1.807) is 24.5 Å². The van der Waals surface area contributed by atoms with E-state index >= 15 is 0 Å². The Hall–Kier alpha value is -3.04. The molecular weight excluding hydrogens is 473 g/mol. The summed E-state index contributed by atoms with van der Waals surface area (Å²) in [6.07, 6.45) is 7.32. The number of hydrogen-bond acceptors (Lipinski definition) is 6. The number of piperazine rings is 1. The highest BCUT2D eigenvalue weighted by Gasteiger charge is 2.26. The van der Waals surface area contributed by atoms with Gasteiger partial charge in [0.2, 0.25) is 5.95 Å². The van der Waals surface area contributed by atoms with Gasteiger partial charge in [-0.3, -0.25) is 0 Å². The largest absolute Gasteiger partial charge is 0.366 e. The first kappa shape index (κ1) is 20.8. The molecule has 5 rings (SSSR count). The van der Waals surface area contributed by atoms with Gasteiger partial charge < -0.3 is 15.5 Å². The third-order valence-electron chi connectivity index (χ3n) is 6.04. The molecule has 1 aliphatic rings. The first-order valence-electron chi connectivity index (χ1n) is 10.4. The monoisotopic (exact) mass is 495 g/mol. The molecule has 4 heterocycles. The molecule has 0 spiro atoms. The lowest BCUT2D eigenvalue weighted by molar-refractivity contribution is 0.585. The molecule has 0 bridgehead atoms. The van der Waals surface area contributed by atoms with Gasteiger partial charge >= 0.3 is 0 Å². The predicted molar refractivity (Wildman–Crippen MR) is 126 cm³/mol. The molecule has 0 saturated carbocycles. The molecule has 1 saturated heterocycles. The van der Waals surface area contributed by atoms with Crippen LogP contribution in [0, 0.1) is 5.82 Å². The van der Waals surface area contributed by atoms with E-state index in [2.05, 4.69) is 52.9 Å². The number of aromatic nitrogens is 4. The van der Waals surface area contributed by atoms with Crippen molar-refractivity contribution >= 4 is 33.1 Å². The summed E-state index contributed by atoms with van der Waals surface area (Å²) in [7, 11) is 0. The van der Waals surface area contributed by atoms with Crippen LogP contribution in [0.4, 0.5) is 16.0 Å². The zero-order valence-corrected chi connectivity index (χ0v) is 19.2. The van der Waals surface area contributed by atoms with Crippen molar-refractivity contribution in [3.8, 4) is 0 Å². The quantitative estimate of drug-likeness (QED) is 0.466. The van der Waals surface area contributed by atoms with Crippen LogP contribution in [0.15, 0.2) is 65.7 Å². The van der Waals surface area contributed by atoms with Gasteiger partial charge in [-0.1, -0.05) is 12.1 Å². The molecule has 9 heteroatoms. The SMILES string of the molecule is C[C@](N)(c1ccc(F)cc1)c1cnc(N2CCN(c3ccnn4cc(Br)cc34)CC2)nc1. The minimum Gasteiger partial charge on any atom is -0.366 e. The third-order valence-corrected chi connectivity index (χ3v) is 6.47. The van der Waals surface area contributed by atoms with Crippen LogP contribution in [-0.4, -0.2) is 45.8 Å². The molecule has 0 amide bonds. The van der Waals surface area contributed by atoms with Gasteiger partial charge in [0.1, 0.15) is 5.82 Å². The molecule has 2 N–H and O–H groups in total. The van der Waals surface area contributed by atoms with Gasteiger partial charge in [-0.25, -0.2) is 18.9 Å². The lowest BCUT2D eigenvalue weighted by atomic mass is 9.87. The second-order valence-electron chi connectivity index (χ2n) is 8.16. The molecule has 0 unspecified atom stereocenters. The van der Waals surface area contributed by atoms with E-state index in [1.165, 1.54) is 17.8 Å². The third kappa shape index (κ3) is 3.82. The maximum absolute atomic E-state index is 13.3. The second kappa shape index (κ2) is 8.14. The molecule has 164 valence electrons. The van der Waals surface area contributed by atoms with Crippen LogP contribution in [-0.2, 0) is 5.54 Å². The minimum absolute atomic E-state index is 0.285. The Morgan fingerprint density at radius 3 is 2.31 bits per heavy atom. The zero-order valence-electron chi connectivity index (χ0n) is 17.6. The van der Waals surface area contributed by atoms with Gasteiger partial charge in [0.05, 0.1) is 16.7 Å². The van der Waals surface area contributed by atoms with Gasteiger partial charge in [-0.2, -0.15) is 5.10 Å². The number of rotatable bonds is 4. The molecule has 4 aromatic rings. The van der Waals surface area contributed by atoms with Crippen molar-refractivity contribution < 1.29 is 4.39 Å². The van der Waals surface area contributed by atoms with Crippen LogP contribution < -0.4 is 15.5 Å². The highest BCUT2D eigenvalue weighted by atomic mass is 79.9. The second-order valence-corrected chi connectivity index (χ2v) is 9.08. The van der Waals surface area contributed by atoms with Gasteiger partial charge in [0.15, 0.2) is 0 Å². The molecule has 1 aromatic carbocycles. The molecule has 0 radical (unpaired) electrons. The predicted octanol–water partition coefficient (Wildman–Crippen LogP) is 3.57. The summed E-state index contributed by atoms with van der Waals surface area (Å²) in [6.45, 7) is 5.23. The molecule has 3 aromatic heterocycles. The van der Waals surface area contributed by atoms with E-state index in [-0.39, 0.29) is 5.82 Å². The van der Waals surface area contributed by atoms with Crippen LogP contribution in [0.25, 0.3) is 5.52 Å². The van der Waals surface area contributed by atoms with Crippen LogP contribution in [0.1, 0.15) is 18.1 Å². The summed E-state index contributed by atoms with van der Waals surface area (Å²) in [5, 5.41) is 4.38. The highest BCUT2D eigenvalue weighted by molar-refractivity contribution is 9.10. The topological polar surface area (TPSA) is 75.6 Å². The average Bonchev–Trinajstić information content (AvgIpc) is 3.20. The lowest BCUT2D eigenvalue weighted by Crippen LogP contribution is -2.47. The van der Waals surface area contributed by atoms with E-state index in [0.29, 0.717) is 5.95 Å². The number of nitrogens with zero attached hydrogens (tertiary/aromatic N) is 6. The van der Waals surface area contributed by atoms with Crippen molar-refractivity contribution in [2.45, 2.75) is 12.5 Å². The summed E-state index contributed by atoms with van der Waals surface area (Å²) >= 11 is 3.53. The Balaban J connectivity index is 1.29. The number of benzene rings is 1. The van der Waals surface area contributed by atoms with Crippen LogP contribution in [0.3, 0.4) is 0 Å². The van der Waals surface area contributed by atoms with E-state index in [9.17, 15) is 4.39 Å². The standard InChI is InChI=1S/C23H23BrFN7/c1-23(26,16-2-4-19(25)5-3-16)17-13-27-22(28-14-17)31-10-8-30(9-11-31)20-6-7-29-32-15-18(24)12-21(20)32/h2-7,12-15H,8-11,26H2,1H3/t23-/m0/s1. The van der Waals surface area contributed by atoms with E-state index in [0.717, 1.165) is 47.3 Å². The Labute approximate surface area is 193 Å². The molecule has 7 nitrogen and oxygen atoms in total. The smallest absolute Gasteiger partial charge is 0.225 e.